The topological polar surface area (TPSA) is 38.7 Å². The molecule has 1 rings (SSSR count). The molecule has 3 nitrogen and oxygen atoms in total. The van der Waals surface area contributed by atoms with Crippen LogP contribution < -0.4 is 4.74 Å². The van der Waals surface area contributed by atoms with Crippen LogP contribution in [-0.4, -0.2) is 24.9 Å². The van der Waals surface area contributed by atoms with E-state index in [9.17, 15) is 5.11 Å². The lowest BCUT2D eigenvalue weighted by Crippen LogP contribution is -2.09. The predicted octanol–water partition coefficient (Wildman–Crippen LogP) is 3.33. The number of benzene rings is 1. The molecule has 1 aromatic carbocycles. The Morgan fingerprint density at radius 2 is 1.89 bits per heavy atom. The number of unbranched alkanes of at least 4 members (excludes halogenated alkanes) is 1. The lowest BCUT2D eigenvalue weighted by atomic mass is 10.1. The van der Waals surface area contributed by atoms with E-state index in [2.05, 4.69) is 6.92 Å². The summed E-state index contributed by atoms with van der Waals surface area (Å²) in [5, 5.41) is 9.87. The van der Waals surface area contributed by atoms with Gasteiger partial charge in [0.25, 0.3) is 0 Å². The van der Waals surface area contributed by atoms with Gasteiger partial charge in [0.05, 0.1) is 12.7 Å². The number of hydrogen-bond donors (Lipinski definition) is 1. The Morgan fingerprint density at radius 1 is 1.11 bits per heavy atom. The van der Waals surface area contributed by atoms with Crippen LogP contribution >= 0.6 is 0 Å². The van der Waals surface area contributed by atoms with Crippen molar-refractivity contribution in [2.24, 2.45) is 0 Å². The molecule has 102 valence electrons. The third-order valence-corrected chi connectivity index (χ3v) is 2.79. The Morgan fingerprint density at radius 3 is 2.61 bits per heavy atom. The molecule has 1 N–H and O–H groups in total. The first-order valence-electron chi connectivity index (χ1n) is 6.77. The molecule has 0 spiro atoms. The normalized spacial score (nSPS) is 12.4. The third kappa shape index (κ3) is 5.07. The summed E-state index contributed by atoms with van der Waals surface area (Å²) in [5.41, 5.74) is 0.855. The summed E-state index contributed by atoms with van der Waals surface area (Å²) in [6.45, 7) is 6.00. The van der Waals surface area contributed by atoms with Gasteiger partial charge in [-0.05, 0) is 18.9 Å². The molecule has 1 aromatic rings. The summed E-state index contributed by atoms with van der Waals surface area (Å²) in [7, 11) is 0. The zero-order valence-corrected chi connectivity index (χ0v) is 11.4. The highest BCUT2D eigenvalue weighted by Gasteiger charge is 2.10. The molecule has 0 aliphatic heterocycles. The lowest BCUT2D eigenvalue weighted by molar-refractivity contribution is 0.0956. The van der Waals surface area contributed by atoms with Crippen molar-refractivity contribution < 1.29 is 14.6 Å². The van der Waals surface area contributed by atoms with E-state index < -0.39 is 6.10 Å². The Kier molecular flexibility index (Phi) is 7.46. The monoisotopic (exact) mass is 252 g/mol. The van der Waals surface area contributed by atoms with E-state index in [0.29, 0.717) is 19.6 Å². The summed E-state index contributed by atoms with van der Waals surface area (Å²) < 4.78 is 11.1. The van der Waals surface area contributed by atoms with Crippen LogP contribution in [0.3, 0.4) is 0 Å². The molecule has 0 radical (unpaired) electrons. The van der Waals surface area contributed by atoms with Crippen LogP contribution in [0.2, 0.25) is 0 Å². The SMILES string of the molecule is CCCCOCCOc1ccccc1C(O)CC. The molecule has 0 aromatic heterocycles. The second kappa shape index (κ2) is 8.95. The Hall–Kier alpha value is -1.06. The minimum atomic E-state index is -0.456. The van der Waals surface area contributed by atoms with Gasteiger partial charge in [-0.15, -0.1) is 0 Å². The summed E-state index contributed by atoms with van der Waals surface area (Å²) >= 11 is 0. The molecule has 1 unspecified atom stereocenters. The first-order valence-corrected chi connectivity index (χ1v) is 6.77. The van der Waals surface area contributed by atoms with Gasteiger partial charge in [-0.1, -0.05) is 38.5 Å². The summed E-state index contributed by atoms with van der Waals surface area (Å²) in [4.78, 5) is 0. The predicted molar refractivity (Wildman–Crippen MR) is 72.9 cm³/mol. The van der Waals surface area contributed by atoms with Gasteiger partial charge in [0.15, 0.2) is 0 Å². The van der Waals surface area contributed by atoms with E-state index in [0.717, 1.165) is 30.8 Å². The molecule has 1 atom stereocenters. The first kappa shape index (κ1) is 15.0. The molecule has 18 heavy (non-hydrogen) atoms. The van der Waals surface area contributed by atoms with Crippen molar-refractivity contribution in [2.75, 3.05) is 19.8 Å². The molecule has 0 fully saturated rings. The number of hydrogen-bond acceptors (Lipinski definition) is 3. The van der Waals surface area contributed by atoms with Gasteiger partial charge in [-0.2, -0.15) is 0 Å². The van der Waals surface area contributed by atoms with Crippen LogP contribution in [0.1, 0.15) is 44.8 Å². The van der Waals surface area contributed by atoms with E-state index in [4.69, 9.17) is 9.47 Å². The van der Waals surface area contributed by atoms with E-state index in [-0.39, 0.29) is 0 Å². The maximum atomic E-state index is 9.87. The fourth-order valence-electron chi connectivity index (χ4n) is 1.67. The van der Waals surface area contributed by atoms with Gasteiger partial charge in [0.1, 0.15) is 12.4 Å². The van der Waals surface area contributed by atoms with E-state index in [1.165, 1.54) is 0 Å². The molecule has 3 heteroatoms. The maximum absolute atomic E-state index is 9.87. The molecular weight excluding hydrogens is 228 g/mol. The fourth-order valence-corrected chi connectivity index (χ4v) is 1.67. The summed E-state index contributed by atoms with van der Waals surface area (Å²) in [6, 6.07) is 7.62. The average molecular weight is 252 g/mol. The zero-order valence-electron chi connectivity index (χ0n) is 11.4. The van der Waals surface area contributed by atoms with E-state index >= 15 is 0 Å². The highest BCUT2D eigenvalue weighted by Crippen LogP contribution is 2.26. The number of rotatable bonds is 9. The molecule has 0 bridgehead atoms. The largest absolute Gasteiger partial charge is 0.491 e. The van der Waals surface area contributed by atoms with Crippen LogP contribution in [0.5, 0.6) is 5.75 Å². The molecule has 0 saturated carbocycles. The number of para-hydroxylation sites is 1. The Balaban J connectivity index is 2.37. The van der Waals surface area contributed by atoms with Gasteiger partial charge in [-0.3, -0.25) is 0 Å². The third-order valence-electron chi connectivity index (χ3n) is 2.79. The zero-order chi connectivity index (χ0) is 13.2. The van der Waals surface area contributed by atoms with Gasteiger partial charge in [0.2, 0.25) is 0 Å². The summed E-state index contributed by atoms with van der Waals surface area (Å²) in [5.74, 6) is 0.756. The smallest absolute Gasteiger partial charge is 0.125 e. The Bertz CT molecular complexity index is 325. The molecule has 0 aliphatic carbocycles. The molecular formula is C15H24O3. The van der Waals surface area contributed by atoms with Crippen molar-refractivity contribution >= 4 is 0 Å². The molecule has 0 aliphatic rings. The second-order valence-electron chi connectivity index (χ2n) is 4.28. The van der Waals surface area contributed by atoms with Crippen molar-refractivity contribution in [3.05, 3.63) is 29.8 Å². The lowest BCUT2D eigenvalue weighted by Gasteiger charge is -2.14. The number of aliphatic hydroxyl groups is 1. The summed E-state index contributed by atoms with van der Waals surface area (Å²) in [6.07, 6.45) is 2.47. The van der Waals surface area contributed by atoms with Crippen molar-refractivity contribution in [3.63, 3.8) is 0 Å². The Labute approximate surface area is 110 Å². The van der Waals surface area contributed by atoms with Crippen molar-refractivity contribution in [1.82, 2.24) is 0 Å². The molecule has 0 amide bonds. The van der Waals surface area contributed by atoms with Crippen LogP contribution in [0.25, 0.3) is 0 Å². The number of aliphatic hydroxyl groups excluding tert-OH is 1. The van der Waals surface area contributed by atoms with Crippen molar-refractivity contribution in [3.8, 4) is 5.75 Å². The van der Waals surface area contributed by atoms with E-state index in [1.54, 1.807) is 0 Å². The molecule has 0 heterocycles. The van der Waals surface area contributed by atoms with Gasteiger partial charge in [-0.25, -0.2) is 0 Å². The van der Waals surface area contributed by atoms with Crippen molar-refractivity contribution in [2.45, 2.75) is 39.2 Å². The highest BCUT2D eigenvalue weighted by molar-refractivity contribution is 5.34. The van der Waals surface area contributed by atoms with Gasteiger partial charge < -0.3 is 14.6 Å². The minimum Gasteiger partial charge on any atom is -0.491 e. The minimum absolute atomic E-state index is 0.456. The van der Waals surface area contributed by atoms with Crippen LogP contribution in [0.15, 0.2) is 24.3 Å². The molecule has 0 saturated heterocycles. The highest BCUT2D eigenvalue weighted by atomic mass is 16.5. The quantitative estimate of drug-likeness (QED) is 0.685. The van der Waals surface area contributed by atoms with Gasteiger partial charge >= 0.3 is 0 Å². The maximum Gasteiger partial charge on any atom is 0.125 e. The average Bonchev–Trinajstić information content (AvgIpc) is 2.42. The van der Waals surface area contributed by atoms with E-state index in [1.807, 2.05) is 31.2 Å². The van der Waals surface area contributed by atoms with Crippen LogP contribution in [-0.2, 0) is 4.74 Å². The standard InChI is InChI=1S/C15H24O3/c1-3-5-10-17-11-12-18-15-9-7-6-8-13(15)14(16)4-2/h6-9,14,16H,3-5,10-12H2,1-2H3. The van der Waals surface area contributed by atoms with Crippen molar-refractivity contribution in [1.29, 1.82) is 0 Å². The van der Waals surface area contributed by atoms with Gasteiger partial charge in [0, 0.05) is 12.2 Å². The number of ether oxygens (including phenoxy) is 2. The fraction of sp³-hybridized carbons (Fsp3) is 0.600. The second-order valence-corrected chi connectivity index (χ2v) is 4.28. The van der Waals surface area contributed by atoms with Crippen LogP contribution in [0, 0.1) is 0 Å². The first-order chi connectivity index (χ1) is 8.79. The van der Waals surface area contributed by atoms with Crippen LogP contribution in [0.4, 0.5) is 0 Å².